The standard InChI is InChI=1S/C28H30N6.C24H24N6.C4H6O.C2HF3O2.CH4O.2CH4/c1-19-28-25-9-8-22(21-10-13-33(14-11-21)24-6-3-7-24)17-26(25)27(12-15-34(28)32-31-19)30-23-5-2-4-20(16-23)18-29;1-16-24-21-6-5-19(18-7-10-26-11-8-18)14-22(21)23(9-12-30(24)29-28-16)27-20-4-2-3-17(13-20)15-25;5-4-2-1-3-4;3-2(4,5)1(6)7;1-2;;/h2,4-5,8-10,16-17,24,27,30H,3,6-7,11-15H2,1H3;2-7,13-14,23,26-27H,8-12H2,1H3;1-3H2;(H,6,7);2H,1H3;2*1H4. The number of halogens is 3. The first-order valence-corrected chi connectivity index (χ1v) is 26.5. The van der Waals surface area contributed by atoms with Gasteiger partial charge in [-0.1, -0.05) is 80.3 Å². The number of ketones is 1. The molecule has 80 heavy (non-hydrogen) atoms. The average molecular weight is 1100 g/mol. The molecular weight excluding hydrogens is 1020 g/mol. The number of nitrogens with zero attached hydrogens (tertiary/aromatic N) is 9. The number of alkyl halides is 3. The number of benzene rings is 4. The van der Waals surface area contributed by atoms with Crippen molar-refractivity contribution in [1.29, 1.82) is 10.5 Å². The highest BCUT2D eigenvalue weighted by Gasteiger charge is 2.38. The number of carboxylic acids is 1. The third-order valence-electron chi connectivity index (χ3n) is 14.9. The summed E-state index contributed by atoms with van der Waals surface area (Å²) in [6.07, 6.45) is 10.5. The van der Waals surface area contributed by atoms with E-state index in [1.54, 1.807) is 0 Å². The zero-order valence-corrected chi connectivity index (χ0v) is 44.2. The Morgan fingerprint density at radius 1 is 0.688 bits per heavy atom. The minimum absolute atomic E-state index is 0. The molecule has 0 bridgehead atoms. The van der Waals surface area contributed by atoms with Crippen LogP contribution >= 0.6 is 0 Å². The maximum atomic E-state index is 10.6. The first kappa shape index (κ1) is 61.2. The van der Waals surface area contributed by atoms with Crippen LogP contribution in [0.25, 0.3) is 33.7 Å². The van der Waals surface area contributed by atoms with Crippen LogP contribution in [0.3, 0.4) is 0 Å². The summed E-state index contributed by atoms with van der Waals surface area (Å²) >= 11 is 0. The summed E-state index contributed by atoms with van der Waals surface area (Å²) < 4.78 is 35.8. The number of nitriles is 2. The van der Waals surface area contributed by atoms with Crippen molar-refractivity contribution >= 4 is 34.3 Å². The number of Topliss-reactive ketones (excluding diaryl/α,β-unsaturated/α-hetero) is 1. The first-order chi connectivity index (χ1) is 37.8. The number of nitrogens with one attached hydrogen (secondary N) is 3. The average Bonchev–Trinajstić information content (AvgIpc) is 3.96. The summed E-state index contributed by atoms with van der Waals surface area (Å²) in [5.74, 6) is -2.32. The van der Waals surface area contributed by atoms with E-state index in [1.165, 1.54) is 63.8 Å². The van der Waals surface area contributed by atoms with Crippen molar-refractivity contribution < 1.29 is 33.0 Å². The zero-order valence-electron chi connectivity index (χ0n) is 44.2. The summed E-state index contributed by atoms with van der Waals surface area (Å²) in [6, 6.07) is 34.7. The normalized spacial score (nSPS) is 17.8. The second-order valence-electron chi connectivity index (χ2n) is 19.9. The van der Waals surface area contributed by atoms with Crippen LogP contribution in [-0.4, -0.2) is 102 Å². The largest absolute Gasteiger partial charge is 0.490 e. The van der Waals surface area contributed by atoms with Gasteiger partial charge >= 0.3 is 12.1 Å². The maximum absolute atomic E-state index is 10.6. The van der Waals surface area contributed by atoms with Gasteiger partial charge in [0.2, 0.25) is 0 Å². The molecule has 0 spiro atoms. The fourth-order valence-corrected chi connectivity index (χ4v) is 10.4. The number of fused-ring (bicyclic) bond motifs is 6. The highest BCUT2D eigenvalue weighted by molar-refractivity contribution is 5.83. The molecule has 6 heterocycles. The first-order valence-electron chi connectivity index (χ1n) is 26.5. The summed E-state index contributed by atoms with van der Waals surface area (Å²) in [6.45, 7) is 9.82. The van der Waals surface area contributed by atoms with Crippen molar-refractivity contribution in [3.63, 3.8) is 0 Å². The molecular formula is C61H73F3N12O4. The number of aryl methyl sites for hydroxylation is 4. The molecule has 2 saturated carbocycles. The second kappa shape index (κ2) is 28.3. The fourth-order valence-electron chi connectivity index (χ4n) is 10.4. The molecule has 2 fully saturated rings. The SMILES string of the molecule is C.C.CO.Cc1nnn2c1-c1ccc(C3=CCN(C4CCC4)CC3)cc1C(Nc1cccc(C#N)c1)CC2.Cc1nnn2c1-c1ccc(C3=CCNCC3)cc1C(Nc1cccc(C#N)c1)CC2.O=C(O)C(F)(F)F.O=C1CCC1. The van der Waals surface area contributed by atoms with Crippen LogP contribution < -0.4 is 16.0 Å². The molecule has 4 aromatic carbocycles. The van der Waals surface area contributed by atoms with Gasteiger partial charge in [0.05, 0.1) is 58.1 Å². The van der Waals surface area contributed by atoms with E-state index in [4.69, 9.17) is 15.0 Å². The quantitative estimate of drug-likeness (QED) is 0.100. The Bertz CT molecular complexity index is 3250. The van der Waals surface area contributed by atoms with Crippen molar-refractivity contribution in [2.75, 3.05) is 43.9 Å². The number of carboxylic acid groups (broad SMARTS) is 1. The highest BCUT2D eigenvalue weighted by Crippen LogP contribution is 2.41. The molecule has 0 saturated heterocycles. The lowest BCUT2D eigenvalue weighted by Crippen LogP contribution is -2.42. The molecule has 0 radical (unpaired) electrons. The molecule has 12 rings (SSSR count). The van der Waals surface area contributed by atoms with E-state index in [2.05, 4.69) is 102 Å². The van der Waals surface area contributed by atoms with Gasteiger partial charge < -0.3 is 26.2 Å². The number of aliphatic hydroxyl groups excluding tert-OH is 1. The lowest BCUT2D eigenvalue weighted by Gasteiger charge is -2.39. The van der Waals surface area contributed by atoms with Crippen molar-refractivity contribution in [2.45, 2.75) is 130 Å². The number of hydrogen-bond acceptors (Lipinski definition) is 13. The van der Waals surface area contributed by atoms with Gasteiger partial charge in [-0.05, 0) is 147 Å². The Kier molecular flexibility index (Phi) is 21.6. The number of rotatable bonds is 7. The van der Waals surface area contributed by atoms with Gasteiger partial charge in [0.25, 0.3) is 0 Å². The van der Waals surface area contributed by atoms with E-state index in [0.29, 0.717) is 16.9 Å². The lowest BCUT2D eigenvalue weighted by atomic mass is 9.88. The Balaban J connectivity index is 0.000000205. The molecule has 5 N–H and O–H groups in total. The van der Waals surface area contributed by atoms with Crippen LogP contribution in [0, 0.1) is 36.5 Å². The van der Waals surface area contributed by atoms with Crippen LogP contribution in [0.1, 0.15) is 136 Å². The smallest absolute Gasteiger partial charge is 0.475 e. The molecule has 2 atom stereocenters. The summed E-state index contributed by atoms with van der Waals surface area (Å²) in [7, 11) is 1.00. The predicted octanol–water partition coefficient (Wildman–Crippen LogP) is 11.6. The maximum Gasteiger partial charge on any atom is 0.490 e. The molecule has 2 unspecified atom stereocenters. The minimum Gasteiger partial charge on any atom is -0.475 e. The zero-order chi connectivity index (χ0) is 55.3. The number of hydrogen-bond donors (Lipinski definition) is 5. The molecule has 422 valence electrons. The van der Waals surface area contributed by atoms with Crippen molar-refractivity contribution in [2.24, 2.45) is 0 Å². The molecule has 0 amide bonds. The van der Waals surface area contributed by atoms with Crippen molar-refractivity contribution in [3.05, 3.63) is 142 Å². The summed E-state index contributed by atoms with van der Waals surface area (Å²) in [5, 5.41) is 61.0. The van der Waals surface area contributed by atoms with E-state index < -0.39 is 12.1 Å². The summed E-state index contributed by atoms with van der Waals surface area (Å²) in [5.41, 5.74) is 17.8. The van der Waals surface area contributed by atoms with Gasteiger partial charge in [-0.25, -0.2) is 14.2 Å². The highest BCUT2D eigenvalue weighted by atomic mass is 19.4. The van der Waals surface area contributed by atoms with Gasteiger partial charge in [0.15, 0.2) is 0 Å². The Morgan fingerprint density at radius 2 is 1.18 bits per heavy atom. The van der Waals surface area contributed by atoms with Crippen LogP contribution in [0.15, 0.2) is 97.1 Å². The molecule has 2 aliphatic carbocycles. The van der Waals surface area contributed by atoms with Crippen molar-refractivity contribution in [3.8, 4) is 34.7 Å². The Morgan fingerprint density at radius 3 is 1.55 bits per heavy atom. The number of anilines is 2. The van der Waals surface area contributed by atoms with Gasteiger partial charge in [0.1, 0.15) is 5.78 Å². The second-order valence-corrected chi connectivity index (χ2v) is 19.9. The van der Waals surface area contributed by atoms with Crippen LogP contribution in [0.5, 0.6) is 0 Å². The van der Waals surface area contributed by atoms with E-state index in [9.17, 15) is 28.5 Å². The van der Waals surface area contributed by atoms with Crippen molar-refractivity contribution in [1.82, 2.24) is 40.2 Å². The lowest BCUT2D eigenvalue weighted by molar-refractivity contribution is -0.192. The Labute approximate surface area is 467 Å². The van der Waals surface area contributed by atoms with E-state index in [1.807, 2.05) is 71.7 Å². The third kappa shape index (κ3) is 14.8. The predicted molar refractivity (Wildman–Crippen MR) is 306 cm³/mol. The number of aliphatic hydroxyl groups is 1. The molecule has 4 aliphatic heterocycles. The van der Waals surface area contributed by atoms with Crippen LogP contribution in [-0.2, 0) is 22.7 Å². The summed E-state index contributed by atoms with van der Waals surface area (Å²) in [4.78, 5) is 21.4. The third-order valence-corrected chi connectivity index (χ3v) is 14.9. The van der Waals surface area contributed by atoms with Gasteiger partial charge in [-0.3, -0.25) is 9.69 Å². The molecule has 6 aromatic rings. The number of aliphatic carboxylic acids is 1. The van der Waals surface area contributed by atoms with Gasteiger partial charge in [-0.15, -0.1) is 10.2 Å². The topological polar surface area (TPSA) is 223 Å². The van der Waals surface area contributed by atoms with Crippen LogP contribution in [0.2, 0.25) is 0 Å². The van der Waals surface area contributed by atoms with Crippen LogP contribution in [0.4, 0.5) is 24.5 Å². The van der Waals surface area contributed by atoms with E-state index >= 15 is 0 Å². The fraction of sp³-hybridized carbons (Fsp3) is 0.410. The molecule has 16 nitrogen and oxygen atoms in total. The minimum atomic E-state index is -5.08. The number of aromatic nitrogens is 6. The van der Waals surface area contributed by atoms with E-state index in [0.717, 1.165) is 132 Å². The van der Waals surface area contributed by atoms with E-state index in [-0.39, 0.29) is 26.9 Å². The molecule has 2 aromatic heterocycles. The Hall–Kier alpha value is -7.97. The van der Waals surface area contributed by atoms with Gasteiger partial charge in [0, 0.05) is 81.2 Å². The molecule has 19 heteroatoms. The van der Waals surface area contributed by atoms with Gasteiger partial charge in [-0.2, -0.15) is 23.7 Å². The monoisotopic (exact) mass is 1090 g/mol. The number of carbonyl (C=O) groups excluding carboxylic acids is 1. The number of carbonyl (C=O) groups is 2. The molecule has 6 aliphatic rings.